The van der Waals surface area contributed by atoms with Crippen molar-refractivity contribution in [3.05, 3.63) is 65.7 Å². The minimum absolute atomic E-state index is 0.0372. The van der Waals surface area contributed by atoms with E-state index in [2.05, 4.69) is 17.4 Å². The van der Waals surface area contributed by atoms with Gasteiger partial charge in [-0.1, -0.05) is 30.3 Å². The third-order valence-corrected chi connectivity index (χ3v) is 4.81. The first-order valence-electron chi connectivity index (χ1n) is 8.97. The lowest BCUT2D eigenvalue weighted by Gasteiger charge is -2.21. The number of hydrogen-bond donors (Lipinski definition) is 2. The summed E-state index contributed by atoms with van der Waals surface area (Å²) in [5.41, 5.74) is 2.38. The number of nitrogens with one attached hydrogen (secondary N) is 2. The molecular weight excluding hydrogens is 312 g/mol. The van der Waals surface area contributed by atoms with Gasteiger partial charge >= 0.3 is 0 Å². The average molecular weight is 339 g/mol. The summed E-state index contributed by atoms with van der Waals surface area (Å²) < 4.78 is 5.21. The van der Waals surface area contributed by atoms with Crippen molar-refractivity contribution < 1.29 is 14.4 Å². The van der Waals surface area contributed by atoms with Crippen LogP contribution in [0.25, 0.3) is 0 Å². The van der Waals surface area contributed by atoms with Crippen LogP contribution in [0, 0.1) is 0 Å². The van der Waals surface area contributed by atoms with Gasteiger partial charge in [0.2, 0.25) is 0 Å². The highest BCUT2D eigenvalue weighted by molar-refractivity contribution is 5.77. The molecule has 0 bridgehead atoms. The van der Waals surface area contributed by atoms with Gasteiger partial charge < -0.3 is 15.0 Å². The van der Waals surface area contributed by atoms with Gasteiger partial charge in [0.15, 0.2) is 6.54 Å². The molecule has 0 aliphatic heterocycles. The minimum atomic E-state index is 0.0372. The molecule has 2 N–H and O–H groups in total. The third-order valence-electron chi connectivity index (χ3n) is 4.81. The zero-order valence-corrected chi connectivity index (χ0v) is 15.0. The molecule has 0 aromatic heterocycles. The Morgan fingerprint density at radius 1 is 1.16 bits per heavy atom. The maximum Gasteiger partial charge on any atom is 0.275 e. The summed E-state index contributed by atoms with van der Waals surface area (Å²) in [4.78, 5) is 13.9. The van der Waals surface area contributed by atoms with E-state index in [0.717, 1.165) is 17.9 Å². The summed E-state index contributed by atoms with van der Waals surface area (Å²) in [7, 11) is 1.68. The predicted octanol–water partition coefficient (Wildman–Crippen LogP) is 2.12. The number of benzene rings is 2. The first-order chi connectivity index (χ1) is 12.2. The molecule has 0 heterocycles. The van der Waals surface area contributed by atoms with Crippen LogP contribution in [-0.4, -0.2) is 25.6 Å². The number of carbonyl (C=O) groups is 1. The van der Waals surface area contributed by atoms with Crippen LogP contribution in [0.3, 0.4) is 0 Å². The first-order valence-corrected chi connectivity index (χ1v) is 8.97. The molecule has 132 valence electrons. The molecule has 25 heavy (non-hydrogen) atoms. The summed E-state index contributed by atoms with van der Waals surface area (Å²) in [6, 6.07) is 18.9. The van der Waals surface area contributed by atoms with Gasteiger partial charge in [0, 0.05) is 18.4 Å². The Kier molecular flexibility index (Phi) is 5.71. The number of ether oxygens (including phenoxy) is 1. The van der Waals surface area contributed by atoms with Crippen LogP contribution >= 0.6 is 0 Å². The molecule has 2 atom stereocenters. The van der Waals surface area contributed by atoms with Gasteiger partial charge in [-0.15, -0.1) is 0 Å². The van der Waals surface area contributed by atoms with E-state index in [0.29, 0.717) is 12.6 Å². The lowest BCUT2D eigenvalue weighted by atomic mass is 10.1. The van der Waals surface area contributed by atoms with Crippen molar-refractivity contribution in [2.24, 2.45) is 0 Å². The van der Waals surface area contributed by atoms with Gasteiger partial charge in [0.25, 0.3) is 5.91 Å². The average Bonchev–Trinajstić information content (AvgIpc) is 3.47. The molecule has 4 heteroatoms. The maximum atomic E-state index is 12.5. The van der Waals surface area contributed by atoms with E-state index >= 15 is 0 Å². The number of quaternary nitrogens is 1. The van der Waals surface area contributed by atoms with Crippen LogP contribution < -0.4 is 15.0 Å². The molecule has 1 fully saturated rings. The van der Waals surface area contributed by atoms with E-state index in [1.807, 2.05) is 49.4 Å². The van der Waals surface area contributed by atoms with E-state index in [1.54, 1.807) is 7.11 Å². The van der Waals surface area contributed by atoms with Crippen molar-refractivity contribution in [2.45, 2.75) is 38.4 Å². The van der Waals surface area contributed by atoms with Gasteiger partial charge in [-0.3, -0.25) is 4.79 Å². The van der Waals surface area contributed by atoms with Crippen molar-refractivity contribution >= 4 is 5.91 Å². The van der Waals surface area contributed by atoms with Crippen LogP contribution in [0.5, 0.6) is 5.75 Å². The lowest BCUT2D eigenvalue weighted by molar-refractivity contribution is -0.917. The summed E-state index contributed by atoms with van der Waals surface area (Å²) >= 11 is 0. The fourth-order valence-electron chi connectivity index (χ4n) is 3.17. The number of methoxy groups -OCH3 is 1. The van der Waals surface area contributed by atoms with Gasteiger partial charge in [-0.25, -0.2) is 0 Å². The quantitative estimate of drug-likeness (QED) is 0.774. The predicted molar refractivity (Wildman–Crippen MR) is 98.5 cm³/mol. The van der Waals surface area contributed by atoms with Gasteiger partial charge in [-0.2, -0.15) is 0 Å². The molecule has 1 aliphatic rings. The van der Waals surface area contributed by atoms with Crippen molar-refractivity contribution in [2.75, 3.05) is 13.7 Å². The van der Waals surface area contributed by atoms with E-state index in [4.69, 9.17) is 4.74 Å². The van der Waals surface area contributed by atoms with Crippen LogP contribution in [0.1, 0.15) is 36.9 Å². The fraction of sp³-hybridized carbons (Fsp3) is 0.381. The van der Waals surface area contributed by atoms with E-state index in [1.165, 1.54) is 23.3 Å². The molecule has 3 rings (SSSR count). The molecule has 1 unspecified atom stereocenters. The van der Waals surface area contributed by atoms with Gasteiger partial charge in [0.05, 0.1) is 19.2 Å². The zero-order valence-electron chi connectivity index (χ0n) is 15.0. The molecule has 1 saturated carbocycles. The smallest absolute Gasteiger partial charge is 0.275 e. The van der Waals surface area contributed by atoms with E-state index < -0.39 is 0 Å². The molecule has 0 radical (unpaired) electrons. The number of hydrogen-bond acceptors (Lipinski definition) is 2. The summed E-state index contributed by atoms with van der Waals surface area (Å²) in [6.45, 7) is 3.43. The Morgan fingerprint density at radius 3 is 2.44 bits per heavy atom. The second-order valence-electron chi connectivity index (χ2n) is 6.83. The molecule has 1 amide bonds. The minimum Gasteiger partial charge on any atom is -0.497 e. The van der Waals surface area contributed by atoms with Crippen LogP contribution in [0.4, 0.5) is 0 Å². The lowest BCUT2D eigenvalue weighted by Crippen LogP contribution is -3.13. The second-order valence-corrected chi connectivity index (χ2v) is 6.83. The third kappa shape index (κ3) is 5.07. The van der Waals surface area contributed by atoms with Crippen molar-refractivity contribution in [1.82, 2.24) is 5.32 Å². The monoisotopic (exact) mass is 339 g/mol. The van der Waals surface area contributed by atoms with Gasteiger partial charge in [0.1, 0.15) is 12.3 Å². The van der Waals surface area contributed by atoms with Crippen LogP contribution in [-0.2, 0) is 11.3 Å². The zero-order chi connectivity index (χ0) is 17.6. The number of rotatable bonds is 8. The van der Waals surface area contributed by atoms with Crippen LogP contribution in [0.15, 0.2) is 54.6 Å². The summed E-state index contributed by atoms with van der Waals surface area (Å²) in [6.07, 6.45) is 2.43. The molecule has 2 aromatic rings. The molecular formula is C21H27N2O2+. The summed E-state index contributed by atoms with van der Waals surface area (Å²) in [5, 5.41) is 3.13. The fourth-order valence-corrected chi connectivity index (χ4v) is 3.17. The Morgan fingerprint density at radius 2 is 1.84 bits per heavy atom. The molecule has 0 saturated heterocycles. The number of amides is 1. The standard InChI is InChI=1S/C21H26N2O2/c1-16(18-6-4-3-5-7-18)22-21(24)15-23(19-10-11-19)14-17-8-12-20(25-2)13-9-17/h3-9,12-13,16,19H,10-11,14-15H2,1-2H3,(H,22,24)/p+1/t16-/m1/s1. The SMILES string of the molecule is COc1ccc(C[NH+](CC(=O)N[C@H](C)c2ccccc2)C2CC2)cc1. The summed E-state index contributed by atoms with van der Waals surface area (Å²) in [5.74, 6) is 0.984. The first kappa shape index (κ1) is 17.5. The molecule has 4 nitrogen and oxygen atoms in total. The van der Waals surface area contributed by atoms with Crippen molar-refractivity contribution in [1.29, 1.82) is 0 Å². The maximum absolute atomic E-state index is 12.5. The topological polar surface area (TPSA) is 42.8 Å². The Bertz CT molecular complexity index is 681. The molecule has 2 aromatic carbocycles. The van der Waals surface area contributed by atoms with E-state index in [-0.39, 0.29) is 11.9 Å². The Balaban J connectivity index is 1.56. The van der Waals surface area contributed by atoms with Gasteiger partial charge in [-0.05, 0) is 36.8 Å². The molecule has 0 spiro atoms. The Labute approximate surface area is 149 Å². The molecule has 1 aliphatic carbocycles. The number of carbonyl (C=O) groups excluding carboxylic acids is 1. The van der Waals surface area contributed by atoms with Crippen LogP contribution in [0.2, 0.25) is 0 Å². The van der Waals surface area contributed by atoms with Crippen molar-refractivity contribution in [3.8, 4) is 5.75 Å². The van der Waals surface area contributed by atoms with Crippen molar-refractivity contribution in [3.63, 3.8) is 0 Å². The second kappa shape index (κ2) is 8.17. The highest BCUT2D eigenvalue weighted by Crippen LogP contribution is 2.17. The van der Waals surface area contributed by atoms with E-state index in [9.17, 15) is 4.79 Å². The Hall–Kier alpha value is -2.33. The normalized spacial score (nSPS) is 16.1. The highest BCUT2D eigenvalue weighted by atomic mass is 16.5. The highest BCUT2D eigenvalue weighted by Gasteiger charge is 2.34. The largest absolute Gasteiger partial charge is 0.497 e.